The van der Waals surface area contributed by atoms with Crippen molar-refractivity contribution in [1.29, 1.82) is 0 Å². The van der Waals surface area contributed by atoms with Crippen molar-refractivity contribution < 1.29 is 18.7 Å². The molecule has 0 aromatic heterocycles. The Bertz CT molecular complexity index is 799. The number of alkyl carbamates (subject to hydrolysis) is 1. The molecule has 0 aliphatic carbocycles. The van der Waals surface area contributed by atoms with Crippen molar-refractivity contribution in [3.8, 4) is 0 Å². The van der Waals surface area contributed by atoms with Crippen molar-refractivity contribution in [2.24, 2.45) is 4.99 Å². The fraction of sp³-hybridized carbons (Fsp3) is 0.652. The average molecular weight is 577 g/mol. The molecule has 2 heterocycles. The van der Waals surface area contributed by atoms with Crippen molar-refractivity contribution in [2.45, 2.75) is 44.9 Å². The molecular weight excluding hydrogens is 540 g/mol. The quantitative estimate of drug-likeness (QED) is 0.319. The van der Waals surface area contributed by atoms with Gasteiger partial charge in [0.15, 0.2) is 5.96 Å². The smallest absolute Gasteiger partial charge is 0.407 e. The number of carbonyl (C=O) groups excluding carboxylic acids is 1. The zero-order valence-electron chi connectivity index (χ0n) is 20.0. The number of rotatable bonds is 5. The molecule has 0 spiro atoms. The highest BCUT2D eigenvalue weighted by atomic mass is 127. The predicted octanol–water partition coefficient (Wildman–Crippen LogP) is 2.99. The van der Waals surface area contributed by atoms with E-state index in [1.165, 1.54) is 6.07 Å². The minimum atomic E-state index is -0.522. The Morgan fingerprint density at radius 2 is 2.03 bits per heavy atom. The van der Waals surface area contributed by atoms with Crippen molar-refractivity contribution in [3.63, 3.8) is 0 Å². The number of morpholine rings is 1. The lowest BCUT2D eigenvalue weighted by Gasteiger charge is -2.35. The lowest BCUT2D eigenvalue weighted by molar-refractivity contribution is 0.0168. The van der Waals surface area contributed by atoms with Crippen LogP contribution in [0.4, 0.5) is 9.18 Å². The molecular formula is C23H37FIN5O3. The van der Waals surface area contributed by atoms with E-state index in [4.69, 9.17) is 9.47 Å². The minimum absolute atomic E-state index is 0. The van der Waals surface area contributed by atoms with Crippen LogP contribution >= 0.6 is 24.0 Å². The highest BCUT2D eigenvalue weighted by molar-refractivity contribution is 14.0. The second kappa shape index (κ2) is 12.7. The summed E-state index contributed by atoms with van der Waals surface area (Å²) in [4.78, 5) is 21.0. The maximum absolute atomic E-state index is 13.9. The first-order valence-corrected chi connectivity index (χ1v) is 11.3. The van der Waals surface area contributed by atoms with E-state index in [9.17, 15) is 9.18 Å². The van der Waals surface area contributed by atoms with Crippen LogP contribution in [0, 0.1) is 5.82 Å². The summed E-state index contributed by atoms with van der Waals surface area (Å²) in [6.45, 7) is 10.5. The summed E-state index contributed by atoms with van der Waals surface area (Å²) in [5.41, 5.74) is 0.409. The van der Waals surface area contributed by atoms with Gasteiger partial charge in [0.1, 0.15) is 11.4 Å². The molecule has 186 valence electrons. The summed E-state index contributed by atoms with van der Waals surface area (Å²) in [6, 6.07) is 6.78. The topological polar surface area (TPSA) is 78.4 Å². The van der Waals surface area contributed by atoms with Gasteiger partial charge in [0.25, 0.3) is 0 Å². The Morgan fingerprint density at radius 3 is 2.67 bits per heavy atom. The van der Waals surface area contributed by atoms with Gasteiger partial charge >= 0.3 is 6.09 Å². The number of carbonyl (C=O) groups is 1. The first-order chi connectivity index (χ1) is 15.2. The highest BCUT2D eigenvalue weighted by Gasteiger charge is 2.29. The van der Waals surface area contributed by atoms with Crippen molar-refractivity contribution in [2.75, 3.05) is 53.0 Å². The molecule has 33 heavy (non-hydrogen) atoms. The number of likely N-dealkylation sites (tertiary alicyclic amines) is 1. The molecule has 2 N–H and O–H groups in total. The minimum Gasteiger partial charge on any atom is -0.444 e. The molecule has 0 radical (unpaired) electrons. The summed E-state index contributed by atoms with van der Waals surface area (Å²) < 4.78 is 24.8. The van der Waals surface area contributed by atoms with E-state index in [0.717, 1.165) is 37.6 Å². The van der Waals surface area contributed by atoms with E-state index >= 15 is 0 Å². The fourth-order valence-corrected chi connectivity index (χ4v) is 4.13. The lowest BCUT2D eigenvalue weighted by atomic mass is 10.0. The number of amides is 1. The van der Waals surface area contributed by atoms with Gasteiger partial charge in [-0.25, -0.2) is 9.18 Å². The van der Waals surface area contributed by atoms with Gasteiger partial charge in [0, 0.05) is 39.8 Å². The first kappa shape index (κ1) is 27.6. The molecule has 10 heteroatoms. The van der Waals surface area contributed by atoms with Gasteiger partial charge in [-0.05, 0) is 44.9 Å². The molecule has 0 saturated carbocycles. The van der Waals surface area contributed by atoms with Crippen LogP contribution in [0.25, 0.3) is 0 Å². The first-order valence-electron chi connectivity index (χ1n) is 11.3. The normalized spacial score (nSPS) is 20.7. The van der Waals surface area contributed by atoms with Crippen molar-refractivity contribution >= 4 is 36.0 Å². The molecule has 2 aliphatic heterocycles. The molecule has 2 saturated heterocycles. The number of nitrogens with one attached hydrogen (secondary N) is 2. The number of guanidine groups is 1. The van der Waals surface area contributed by atoms with Crippen LogP contribution in [-0.2, 0) is 9.47 Å². The van der Waals surface area contributed by atoms with Gasteiger partial charge in [0.05, 0.1) is 25.3 Å². The third kappa shape index (κ3) is 8.56. The Labute approximate surface area is 213 Å². The maximum atomic E-state index is 13.9. The zero-order valence-corrected chi connectivity index (χ0v) is 22.3. The largest absolute Gasteiger partial charge is 0.444 e. The van der Waals surface area contributed by atoms with E-state index < -0.39 is 11.7 Å². The summed E-state index contributed by atoms with van der Waals surface area (Å²) in [5, 5.41) is 6.41. The van der Waals surface area contributed by atoms with Crippen molar-refractivity contribution in [1.82, 2.24) is 20.4 Å². The van der Waals surface area contributed by atoms with Crippen LogP contribution in [0.1, 0.15) is 38.8 Å². The van der Waals surface area contributed by atoms with Gasteiger partial charge in [-0.2, -0.15) is 0 Å². The van der Waals surface area contributed by atoms with E-state index in [1.807, 2.05) is 26.8 Å². The Kier molecular flexibility index (Phi) is 10.6. The fourth-order valence-electron chi connectivity index (χ4n) is 4.13. The lowest BCUT2D eigenvalue weighted by Crippen LogP contribution is -2.48. The van der Waals surface area contributed by atoms with Crippen molar-refractivity contribution in [3.05, 3.63) is 35.6 Å². The summed E-state index contributed by atoms with van der Waals surface area (Å²) in [6.07, 6.45) is 0.419. The zero-order chi connectivity index (χ0) is 23.1. The van der Waals surface area contributed by atoms with Gasteiger partial charge < -0.3 is 25.0 Å². The Hall–Kier alpha value is -1.66. The van der Waals surface area contributed by atoms with Crippen LogP contribution in [0.15, 0.2) is 29.3 Å². The second-order valence-electron chi connectivity index (χ2n) is 9.23. The van der Waals surface area contributed by atoms with Crippen LogP contribution in [0.3, 0.4) is 0 Å². The molecule has 2 aliphatic rings. The van der Waals surface area contributed by atoms with Crippen LogP contribution in [0.5, 0.6) is 0 Å². The van der Waals surface area contributed by atoms with Gasteiger partial charge in [-0.15, -0.1) is 24.0 Å². The average Bonchev–Trinajstić information content (AvgIpc) is 3.18. The Morgan fingerprint density at radius 1 is 1.30 bits per heavy atom. The van der Waals surface area contributed by atoms with Gasteiger partial charge in [0.2, 0.25) is 0 Å². The van der Waals surface area contributed by atoms with Crippen LogP contribution in [0.2, 0.25) is 0 Å². The molecule has 0 bridgehead atoms. The number of benzene rings is 1. The predicted molar refractivity (Wildman–Crippen MR) is 138 cm³/mol. The number of halogens is 2. The highest BCUT2D eigenvalue weighted by Crippen LogP contribution is 2.22. The number of hydrogen-bond donors (Lipinski definition) is 2. The van der Waals surface area contributed by atoms with Crippen LogP contribution < -0.4 is 10.6 Å². The molecule has 1 aromatic carbocycles. The van der Waals surface area contributed by atoms with Crippen LogP contribution in [-0.4, -0.2) is 86.5 Å². The van der Waals surface area contributed by atoms with Gasteiger partial charge in [-0.3, -0.25) is 9.89 Å². The number of hydrogen-bond acceptors (Lipinski definition) is 5. The second-order valence-corrected chi connectivity index (χ2v) is 9.23. The SMILES string of the molecule is CN=C(NCC(c1cccc(F)c1)N1CCOCC1)N1CCC(NC(=O)OC(C)(C)C)C1.I. The maximum Gasteiger partial charge on any atom is 0.407 e. The van der Waals surface area contributed by atoms with E-state index in [0.29, 0.717) is 26.3 Å². The number of nitrogens with zero attached hydrogens (tertiary/aromatic N) is 3. The van der Waals surface area contributed by atoms with E-state index in [2.05, 4.69) is 25.4 Å². The van der Waals surface area contributed by atoms with E-state index in [-0.39, 0.29) is 41.9 Å². The molecule has 3 rings (SSSR count). The third-order valence-corrected chi connectivity index (χ3v) is 5.59. The molecule has 2 fully saturated rings. The number of ether oxygens (including phenoxy) is 2. The molecule has 1 aromatic rings. The molecule has 2 unspecified atom stereocenters. The van der Waals surface area contributed by atoms with Gasteiger partial charge in [-0.1, -0.05) is 12.1 Å². The standard InChI is InChI=1S/C23H36FN5O3.HI/c1-23(2,3)32-22(30)27-19-8-9-29(16-19)21(25-4)26-15-20(28-10-12-31-13-11-28)17-6-5-7-18(24)14-17;/h5-7,14,19-20H,8-13,15-16H2,1-4H3,(H,25,26)(H,27,30);1H. The Balaban J connectivity index is 0.00000385. The van der Waals surface area contributed by atoms with E-state index in [1.54, 1.807) is 19.2 Å². The summed E-state index contributed by atoms with van der Waals surface area (Å²) in [5.74, 6) is 0.536. The molecule has 1 amide bonds. The monoisotopic (exact) mass is 577 g/mol. The molecule has 8 nitrogen and oxygen atoms in total. The number of aliphatic imine (C=N–C) groups is 1. The third-order valence-electron chi connectivity index (χ3n) is 5.59. The summed E-state index contributed by atoms with van der Waals surface area (Å²) in [7, 11) is 1.75. The summed E-state index contributed by atoms with van der Waals surface area (Å²) >= 11 is 0. The molecule has 2 atom stereocenters.